The molecule has 0 aromatic carbocycles. The summed E-state index contributed by atoms with van der Waals surface area (Å²) in [6.45, 7) is 5.45. The van der Waals surface area contributed by atoms with Gasteiger partial charge in [0.05, 0.1) is 6.10 Å². The molecule has 3 nitrogen and oxygen atoms in total. The molecule has 0 unspecified atom stereocenters. The van der Waals surface area contributed by atoms with E-state index in [1.807, 2.05) is 6.92 Å². The lowest BCUT2D eigenvalue weighted by Gasteiger charge is -2.13. The summed E-state index contributed by atoms with van der Waals surface area (Å²) in [5.41, 5.74) is 0. The number of carbonyl (C=O) groups is 1. The Balaban J connectivity index is 3.45. The van der Waals surface area contributed by atoms with E-state index in [4.69, 9.17) is 9.84 Å². The third-order valence-corrected chi connectivity index (χ3v) is 2.12. The van der Waals surface area contributed by atoms with Crippen LogP contribution in [-0.4, -0.2) is 23.3 Å². The Labute approximate surface area is 86.5 Å². The molecule has 0 aliphatic heterocycles. The number of aliphatic hydroxyl groups excluding tert-OH is 1. The number of unbranched alkanes of at least 4 members (excludes halogenated alkanes) is 3. The van der Waals surface area contributed by atoms with E-state index < -0.39 is 12.1 Å². The number of hydrogen-bond donors (Lipinski definition) is 1. The highest BCUT2D eigenvalue weighted by atomic mass is 16.6. The predicted octanol–water partition coefficient (Wildman–Crippen LogP) is 2.27. The number of aliphatic hydroxyl groups is 1. The Bertz CT molecular complexity index is 155. The van der Waals surface area contributed by atoms with Gasteiger partial charge in [-0.3, -0.25) is 0 Å². The molecule has 0 fully saturated rings. The standard InChI is InChI=1S/C11H22O3/c1-4-5-6-7-8-9(2)14-11(13)10(3)12/h9-10,12H,4-8H2,1-3H3/t9-,10-/m0/s1. The van der Waals surface area contributed by atoms with Crippen molar-refractivity contribution in [3.05, 3.63) is 0 Å². The van der Waals surface area contributed by atoms with Gasteiger partial charge in [0.2, 0.25) is 0 Å². The van der Waals surface area contributed by atoms with E-state index in [2.05, 4.69) is 6.92 Å². The van der Waals surface area contributed by atoms with Crippen LogP contribution in [0.3, 0.4) is 0 Å². The first-order chi connectivity index (χ1) is 6.57. The minimum Gasteiger partial charge on any atom is -0.461 e. The first-order valence-electron chi connectivity index (χ1n) is 5.46. The lowest BCUT2D eigenvalue weighted by Crippen LogP contribution is -2.24. The van der Waals surface area contributed by atoms with Crippen LogP contribution in [0.2, 0.25) is 0 Å². The van der Waals surface area contributed by atoms with Gasteiger partial charge < -0.3 is 9.84 Å². The maximum Gasteiger partial charge on any atom is 0.334 e. The highest BCUT2D eigenvalue weighted by Gasteiger charge is 2.13. The van der Waals surface area contributed by atoms with E-state index in [1.54, 1.807) is 0 Å². The van der Waals surface area contributed by atoms with E-state index in [0.29, 0.717) is 0 Å². The molecule has 0 aromatic rings. The summed E-state index contributed by atoms with van der Waals surface area (Å²) in [7, 11) is 0. The topological polar surface area (TPSA) is 46.5 Å². The summed E-state index contributed by atoms with van der Waals surface area (Å²) in [5, 5.41) is 8.90. The Morgan fingerprint density at radius 3 is 2.43 bits per heavy atom. The third kappa shape index (κ3) is 6.89. The molecule has 0 amide bonds. The average Bonchev–Trinajstić information content (AvgIpc) is 2.12. The van der Waals surface area contributed by atoms with Crippen LogP contribution >= 0.6 is 0 Å². The van der Waals surface area contributed by atoms with Crippen LogP contribution in [0.25, 0.3) is 0 Å². The maximum absolute atomic E-state index is 11.0. The van der Waals surface area contributed by atoms with Gasteiger partial charge in [0.25, 0.3) is 0 Å². The Morgan fingerprint density at radius 1 is 1.29 bits per heavy atom. The monoisotopic (exact) mass is 202 g/mol. The van der Waals surface area contributed by atoms with Gasteiger partial charge >= 0.3 is 5.97 Å². The molecular weight excluding hydrogens is 180 g/mol. The normalized spacial score (nSPS) is 14.9. The summed E-state index contributed by atoms with van der Waals surface area (Å²) in [6.07, 6.45) is 4.52. The van der Waals surface area contributed by atoms with Gasteiger partial charge in [0, 0.05) is 0 Å². The smallest absolute Gasteiger partial charge is 0.334 e. The van der Waals surface area contributed by atoms with E-state index in [-0.39, 0.29) is 6.10 Å². The van der Waals surface area contributed by atoms with Crippen LogP contribution in [0.1, 0.15) is 52.9 Å². The highest BCUT2D eigenvalue weighted by molar-refractivity contribution is 5.73. The SMILES string of the molecule is CCCCCC[C@H](C)OC(=O)[C@H](C)O. The van der Waals surface area contributed by atoms with Gasteiger partial charge in [0.1, 0.15) is 6.10 Å². The minimum atomic E-state index is -1.01. The second-order valence-electron chi connectivity index (χ2n) is 3.77. The molecule has 0 saturated heterocycles. The van der Waals surface area contributed by atoms with Gasteiger partial charge in [-0.2, -0.15) is 0 Å². The zero-order valence-electron chi connectivity index (χ0n) is 9.45. The van der Waals surface area contributed by atoms with Crippen LogP contribution in [-0.2, 0) is 9.53 Å². The molecule has 0 spiro atoms. The molecule has 0 heterocycles. The fourth-order valence-electron chi connectivity index (χ4n) is 1.21. The molecule has 0 saturated carbocycles. The molecule has 0 aromatic heterocycles. The Morgan fingerprint density at radius 2 is 1.93 bits per heavy atom. The molecular formula is C11H22O3. The van der Waals surface area contributed by atoms with Crippen molar-refractivity contribution in [1.29, 1.82) is 0 Å². The number of hydrogen-bond acceptors (Lipinski definition) is 3. The first-order valence-corrected chi connectivity index (χ1v) is 5.46. The second kappa shape index (κ2) is 7.80. The zero-order valence-corrected chi connectivity index (χ0v) is 9.45. The van der Waals surface area contributed by atoms with Crippen molar-refractivity contribution in [2.75, 3.05) is 0 Å². The summed E-state index contributed by atoms with van der Waals surface area (Å²) in [6, 6.07) is 0. The summed E-state index contributed by atoms with van der Waals surface area (Å²) >= 11 is 0. The number of esters is 1. The van der Waals surface area contributed by atoms with Crippen molar-refractivity contribution in [2.45, 2.75) is 65.1 Å². The quantitative estimate of drug-likeness (QED) is 0.509. The Kier molecular flexibility index (Phi) is 7.48. The van der Waals surface area contributed by atoms with Gasteiger partial charge in [-0.05, 0) is 26.7 Å². The van der Waals surface area contributed by atoms with E-state index in [9.17, 15) is 4.79 Å². The van der Waals surface area contributed by atoms with Crippen LogP contribution in [0, 0.1) is 0 Å². The van der Waals surface area contributed by atoms with Crippen molar-refractivity contribution in [3.63, 3.8) is 0 Å². The summed E-state index contributed by atoms with van der Waals surface area (Å²) < 4.78 is 5.00. The van der Waals surface area contributed by atoms with Crippen LogP contribution < -0.4 is 0 Å². The van der Waals surface area contributed by atoms with Crippen LogP contribution in [0.15, 0.2) is 0 Å². The number of ether oxygens (including phenoxy) is 1. The van der Waals surface area contributed by atoms with Gasteiger partial charge in [-0.25, -0.2) is 4.79 Å². The fraction of sp³-hybridized carbons (Fsp3) is 0.909. The van der Waals surface area contributed by atoms with E-state index in [1.165, 1.54) is 26.2 Å². The molecule has 84 valence electrons. The molecule has 0 radical (unpaired) electrons. The lowest BCUT2D eigenvalue weighted by molar-refractivity contribution is -0.157. The van der Waals surface area contributed by atoms with Crippen molar-refractivity contribution in [1.82, 2.24) is 0 Å². The van der Waals surface area contributed by atoms with Crippen molar-refractivity contribution >= 4 is 5.97 Å². The maximum atomic E-state index is 11.0. The van der Waals surface area contributed by atoms with E-state index >= 15 is 0 Å². The van der Waals surface area contributed by atoms with Crippen molar-refractivity contribution < 1.29 is 14.6 Å². The van der Waals surface area contributed by atoms with Gasteiger partial charge in [-0.1, -0.05) is 26.2 Å². The number of rotatable bonds is 7. The molecule has 1 N–H and O–H groups in total. The van der Waals surface area contributed by atoms with Crippen molar-refractivity contribution in [2.24, 2.45) is 0 Å². The van der Waals surface area contributed by atoms with Crippen LogP contribution in [0.4, 0.5) is 0 Å². The minimum absolute atomic E-state index is 0.0750. The molecule has 14 heavy (non-hydrogen) atoms. The Hall–Kier alpha value is -0.570. The molecule has 0 bridgehead atoms. The third-order valence-electron chi connectivity index (χ3n) is 2.12. The highest BCUT2D eigenvalue weighted by Crippen LogP contribution is 2.08. The lowest BCUT2D eigenvalue weighted by atomic mass is 10.1. The largest absolute Gasteiger partial charge is 0.461 e. The molecule has 2 atom stereocenters. The van der Waals surface area contributed by atoms with Gasteiger partial charge in [-0.15, -0.1) is 0 Å². The average molecular weight is 202 g/mol. The first kappa shape index (κ1) is 13.4. The van der Waals surface area contributed by atoms with Gasteiger partial charge in [0.15, 0.2) is 0 Å². The molecule has 0 aliphatic rings. The molecule has 0 rings (SSSR count). The summed E-state index contributed by atoms with van der Waals surface area (Å²) in [5.74, 6) is -0.520. The molecule has 3 heteroatoms. The zero-order chi connectivity index (χ0) is 11.0. The molecule has 0 aliphatic carbocycles. The van der Waals surface area contributed by atoms with E-state index in [0.717, 1.165) is 12.8 Å². The fourth-order valence-corrected chi connectivity index (χ4v) is 1.21. The second-order valence-corrected chi connectivity index (χ2v) is 3.77. The van der Waals surface area contributed by atoms with Crippen molar-refractivity contribution in [3.8, 4) is 0 Å². The number of carbonyl (C=O) groups excluding carboxylic acids is 1. The summed E-state index contributed by atoms with van der Waals surface area (Å²) in [4.78, 5) is 11.0. The van der Waals surface area contributed by atoms with Crippen LogP contribution in [0.5, 0.6) is 0 Å². The predicted molar refractivity (Wildman–Crippen MR) is 56.0 cm³/mol.